The van der Waals surface area contributed by atoms with Crippen molar-refractivity contribution in [1.82, 2.24) is 0 Å². The molecule has 1 aliphatic heterocycles. The molecule has 1 aromatic rings. The van der Waals surface area contributed by atoms with Crippen LogP contribution >= 0.6 is 11.6 Å². The standard InChI is InChI=1S/C12H8ClF3O3/c1-5-2-7(13)3-6-4-8(11(17)18)10(12(14,15)16)19-9(5)6/h2-4,10H,1H3,(H,17,18)/t10-/m0/s1/i1D3. The number of benzene rings is 1. The average Bonchev–Trinajstić information content (AvgIpc) is 2.33. The van der Waals surface area contributed by atoms with Crippen LogP contribution < -0.4 is 4.74 Å². The van der Waals surface area contributed by atoms with E-state index in [0.717, 1.165) is 18.2 Å². The molecular weight excluding hydrogens is 285 g/mol. The Morgan fingerprint density at radius 3 is 2.74 bits per heavy atom. The number of carboxylic acids is 1. The summed E-state index contributed by atoms with van der Waals surface area (Å²) >= 11 is 5.74. The van der Waals surface area contributed by atoms with Gasteiger partial charge in [0, 0.05) is 14.7 Å². The molecule has 0 radical (unpaired) electrons. The predicted octanol–water partition coefficient (Wildman–Crippen LogP) is 3.44. The van der Waals surface area contributed by atoms with E-state index in [2.05, 4.69) is 0 Å². The Morgan fingerprint density at radius 1 is 1.53 bits per heavy atom. The fourth-order valence-electron chi connectivity index (χ4n) is 1.70. The molecule has 0 spiro atoms. The highest BCUT2D eigenvalue weighted by molar-refractivity contribution is 6.30. The Morgan fingerprint density at radius 2 is 2.21 bits per heavy atom. The summed E-state index contributed by atoms with van der Waals surface area (Å²) in [5, 5.41) is 8.85. The molecule has 2 rings (SSSR count). The number of alkyl halides is 3. The van der Waals surface area contributed by atoms with Crippen LogP contribution in [0.15, 0.2) is 17.7 Å². The van der Waals surface area contributed by atoms with E-state index in [1.807, 2.05) is 0 Å². The Labute approximate surface area is 115 Å². The number of hydrogen-bond acceptors (Lipinski definition) is 2. The maximum atomic E-state index is 13.0. The van der Waals surface area contributed by atoms with Crippen LogP contribution in [0.1, 0.15) is 15.2 Å². The second kappa shape index (κ2) is 4.45. The van der Waals surface area contributed by atoms with Crippen molar-refractivity contribution >= 4 is 23.6 Å². The molecule has 0 aliphatic carbocycles. The fraction of sp³-hybridized carbons (Fsp3) is 0.250. The summed E-state index contributed by atoms with van der Waals surface area (Å²) in [7, 11) is 0. The topological polar surface area (TPSA) is 46.5 Å². The molecule has 0 unspecified atom stereocenters. The van der Waals surface area contributed by atoms with Crippen LogP contribution in [0.3, 0.4) is 0 Å². The van der Waals surface area contributed by atoms with Gasteiger partial charge in [-0.25, -0.2) is 4.79 Å². The molecule has 0 fully saturated rings. The predicted molar refractivity (Wildman–Crippen MR) is 62.3 cm³/mol. The van der Waals surface area contributed by atoms with E-state index in [4.69, 9.17) is 25.6 Å². The third-order valence-electron chi connectivity index (χ3n) is 2.46. The Balaban J connectivity index is 2.71. The van der Waals surface area contributed by atoms with Gasteiger partial charge in [0.15, 0.2) is 0 Å². The third kappa shape index (κ3) is 2.53. The minimum absolute atomic E-state index is 0.0556. The summed E-state index contributed by atoms with van der Waals surface area (Å²) in [6.07, 6.45) is -7.03. The summed E-state index contributed by atoms with van der Waals surface area (Å²) in [5.74, 6) is -2.36. The van der Waals surface area contributed by atoms with Crippen molar-refractivity contribution in [1.29, 1.82) is 0 Å². The maximum Gasteiger partial charge on any atom is 0.430 e. The maximum absolute atomic E-state index is 13.0. The van der Waals surface area contributed by atoms with Crippen molar-refractivity contribution < 1.29 is 31.9 Å². The van der Waals surface area contributed by atoms with E-state index in [9.17, 15) is 18.0 Å². The van der Waals surface area contributed by atoms with E-state index < -0.39 is 42.0 Å². The van der Waals surface area contributed by atoms with Crippen molar-refractivity contribution in [2.24, 2.45) is 0 Å². The molecule has 0 bridgehead atoms. The van der Waals surface area contributed by atoms with Gasteiger partial charge in [-0.1, -0.05) is 11.6 Å². The molecule has 102 valence electrons. The normalized spacial score (nSPS) is 21.4. The molecule has 1 heterocycles. The number of fused-ring (bicyclic) bond motifs is 1. The number of ether oxygens (including phenoxy) is 1. The van der Waals surface area contributed by atoms with Crippen molar-refractivity contribution in [2.45, 2.75) is 19.1 Å². The lowest BCUT2D eigenvalue weighted by atomic mass is 9.99. The number of halogens is 4. The van der Waals surface area contributed by atoms with Gasteiger partial charge in [0.25, 0.3) is 0 Å². The van der Waals surface area contributed by atoms with Crippen LogP contribution in [-0.2, 0) is 4.79 Å². The minimum atomic E-state index is -5.01. The highest BCUT2D eigenvalue weighted by Gasteiger charge is 2.48. The van der Waals surface area contributed by atoms with E-state index in [-0.39, 0.29) is 10.6 Å². The average molecular weight is 296 g/mol. The summed E-state index contributed by atoms with van der Waals surface area (Å²) in [5.41, 5.74) is -1.68. The second-order valence-electron chi connectivity index (χ2n) is 3.82. The first-order valence-corrected chi connectivity index (χ1v) is 5.31. The number of rotatable bonds is 1. The Bertz CT molecular complexity index is 668. The lowest BCUT2D eigenvalue weighted by Crippen LogP contribution is -2.40. The minimum Gasteiger partial charge on any atom is -0.478 e. The first kappa shape index (κ1) is 10.1. The quantitative estimate of drug-likeness (QED) is 0.863. The number of carbonyl (C=O) groups is 1. The molecule has 7 heteroatoms. The fourth-order valence-corrected chi connectivity index (χ4v) is 1.92. The summed E-state index contributed by atoms with van der Waals surface area (Å²) in [6, 6.07) is 2.11. The summed E-state index contributed by atoms with van der Waals surface area (Å²) < 4.78 is 65.6. The van der Waals surface area contributed by atoms with Gasteiger partial charge < -0.3 is 9.84 Å². The van der Waals surface area contributed by atoms with Crippen LogP contribution in [0.4, 0.5) is 13.2 Å². The lowest BCUT2D eigenvalue weighted by molar-refractivity contribution is -0.187. The SMILES string of the molecule is [2H]C([2H])([2H])c1cc(Cl)cc2c1O[C@H](C(F)(F)F)C(C(=O)O)=C2. The largest absolute Gasteiger partial charge is 0.478 e. The van der Waals surface area contributed by atoms with Crippen molar-refractivity contribution in [3.63, 3.8) is 0 Å². The van der Waals surface area contributed by atoms with Crippen LogP contribution in [-0.4, -0.2) is 23.4 Å². The molecule has 1 atom stereocenters. The van der Waals surface area contributed by atoms with Crippen LogP contribution in [0.2, 0.25) is 5.02 Å². The van der Waals surface area contributed by atoms with E-state index in [0.29, 0.717) is 0 Å². The van der Waals surface area contributed by atoms with Gasteiger partial charge in [-0.05, 0) is 30.6 Å². The zero-order chi connectivity index (χ0) is 16.9. The first-order valence-electron chi connectivity index (χ1n) is 6.43. The van der Waals surface area contributed by atoms with Crippen molar-refractivity contribution in [3.05, 3.63) is 33.9 Å². The van der Waals surface area contributed by atoms with Crippen molar-refractivity contribution in [2.75, 3.05) is 0 Å². The van der Waals surface area contributed by atoms with Gasteiger partial charge in [0.2, 0.25) is 6.10 Å². The van der Waals surface area contributed by atoms with Crippen LogP contribution in [0, 0.1) is 6.85 Å². The molecule has 1 aliphatic rings. The monoisotopic (exact) mass is 295 g/mol. The molecule has 1 N–H and O–H groups in total. The zero-order valence-electron chi connectivity index (χ0n) is 12.1. The van der Waals surface area contributed by atoms with Gasteiger partial charge in [-0.3, -0.25) is 0 Å². The van der Waals surface area contributed by atoms with E-state index >= 15 is 0 Å². The molecule has 0 aromatic heterocycles. The number of carboxylic acid groups (broad SMARTS) is 1. The lowest BCUT2D eigenvalue weighted by Gasteiger charge is -2.28. The molecule has 1 aromatic carbocycles. The van der Waals surface area contributed by atoms with Crippen LogP contribution in [0.5, 0.6) is 5.75 Å². The summed E-state index contributed by atoms with van der Waals surface area (Å²) in [4.78, 5) is 11.0. The smallest absolute Gasteiger partial charge is 0.430 e. The van der Waals surface area contributed by atoms with E-state index in [1.165, 1.54) is 0 Å². The number of aliphatic carboxylic acids is 1. The molecule has 0 saturated heterocycles. The van der Waals surface area contributed by atoms with Crippen molar-refractivity contribution in [3.8, 4) is 5.75 Å². The summed E-state index contributed by atoms with van der Waals surface area (Å²) in [6.45, 7) is -2.76. The molecular formula is C12H8ClF3O3. The molecule has 0 saturated carbocycles. The number of hydrogen-bond donors (Lipinski definition) is 1. The van der Waals surface area contributed by atoms with Gasteiger partial charge >= 0.3 is 12.1 Å². The highest BCUT2D eigenvalue weighted by atomic mass is 35.5. The molecule has 3 nitrogen and oxygen atoms in total. The molecule has 19 heavy (non-hydrogen) atoms. The Hall–Kier alpha value is -1.69. The Kier molecular flexibility index (Phi) is 2.37. The zero-order valence-corrected chi connectivity index (χ0v) is 9.84. The van der Waals surface area contributed by atoms with Crippen LogP contribution in [0.25, 0.3) is 6.08 Å². The number of aryl methyl sites for hydroxylation is 1. The van der Waals surface area contributed by atoms with Gasteiger partial charge in [-0.15, -0.1) is 0 Å². The van der Waals surface area contributed by atoms with E-state index in [1.54, 1.807) is 0 Å². The molecule has 0 amide bonds. The van der Waals surface area contributed by atoms with Gasteiger partial charge in [0.1, 0.15) is 5.75 Å². The highest BCUT2D eigenvalue weighted by Crippen LogP contribution is 2.40. The van der Waals surface area contributed by atoms with Gasteiger partial charge in [0.05, 0.1) is 5.57 Å². The van der Waals surface area contributed by atoms with Gasteiger partial charge in [-0.2, -0.15) is 13.2 Å². The third-order valence-corrected chi connectivity index (χ3v) is 2.67. The first-order chi connectivity index (χ1) is 9.91. The second-order valence-corrected chi connectivity index (χ2v) is 4.25.